The zero-order valence-electron chi connectivity index (χ0n) is 23.3. The van der Waals surface area contributed by atoms with Gasteiger partial charge in [0.2, 0.25) is 0 Å². The van der Waals surface area contributed by atoms with Crippen LogP contribution in [0.3, 0.4) is 0 Å². The van der Waals surface area contributed by atoms with Crippen molar-refractivity contribution in [2.45, 2.75) is 63.7 Å². The van der Waals surface area contributed by atoms with Crippen molar-refractivity contribution in [1.82, 2.24) is 24.8 Å². The number of hydrogen-bond donors (Lipinski definition) is 1. The lowest BCUT2D eigenvalue weighted by Crippen LogP contribution is -2.45. The summed E-state index contributed by atoms with van der Waals surface area (Å²) in [7, 11) is 1.91. The normalized spacial score (nSPS) is 22.8. The minimum absolute atomic E-state index is 0.0272. The summed E-state index contributed by atoms with van der Waals surface area (Å²) in [6, 6.07) is 8.56. The van der Waals surface area contributed by atoms with E-state index in [0.29, 0.717) is 13.0 Å². The van der Waals surface area contributed by atoms with Gasteiger partial charge in [0.15, 0.2) is 5.65 Å². The molecular formula is C30H38F3N7. The van der Waals surface area contributed by atoms with Gasteiger partial charge in [-0.2, -0.15) is 22.8 Å². The summed E-state index contributed by atoms with van der Waals surface area (Å²) >= 11 is 0. The molecule has 0 saturated carbocycles. The second-order valence-electron chi connectivity index (χ2n) is 11.5. The molecule has 2 aromatic heterocycles. The van der Waals surface area contributed by atoms with Crippen LogP contribution in [-0.2, 0) is 6.42 Å². The van der Waals surface area contributed by atoms with Gasteiger partial charge < -0.3 is 20.0 Å². The first kappa shape index (κ1) is 26.9. The molecule has 0 radical (unpaired) electrons. The number of halogens is 3. The Morgan fingerprint density at radius 3 is 2.58 bits per heavy atom. The number of likely N-dealkylation sites (N-methyl/N-ethyl adjacent to an activating group) is 1. The molecule has 2 fully saturated rings. The van der Waals surface area contributed by atoms with Crippen molar-refractivity contribution in [3.63, 3.8) is 0 Å². The van der Waals surface area contributed by atoms with Gasteiger partial charge in [0.05, 0.1) is 11.7 Å². The Hall–Kier alpha value is -3.27. The first-order valence-electron chi connectivity index (χ1n) is 14.4. The summed E-state index contributed by atoms with van der Waals surface area (Å²) in [4.78, 5) is 11.5. The molecule has 6 rings (SSSR count). The van der Waals surface area contributed by atoms with Crippen molar-refractivity contribution in [3.05, 3.63) is 59.3 Å². The van der Waals surface area contributed by atoms with Crippen LogP contribution in [0.5, 0.6) is 0 Å². The molecule has 2 atom stereocenters. The molecule has 2 unspecified atom stereocenters. The van der Waals surface area contributed by atoms with Crippen molar-refractivity contribution in [2.75, 3.05) is 49.6 Å². The summed E-state index contributed by atoms with van der Waals surface area (Å²) < 4.78 is 44.2. The molecule has 1 aromatic carbocycles. The number of nitrogens with one attached hydrogen (secondary N) is 1. The smallest absolute Gasteiger partial charge is 0.363 e. The van der Waals surface area contributed by atoms with Crippen LogP contribution in [0.2, 0.25) is 0 Å². The Bertz CT molecular complexity index is 1390. The van der Waals surface area contributed by atoms with Crippen molar-refractivity contribution < 1.29 is 13.2 Å². The number of aromatic nitrogens is 3. The number of hydrogen-bond acceptors (Lipinski definition) is 6. The number of benzene rings is 1. The molecule has 1 N–H and O–H groups in total. The van der Waals surface area contributed by atoms with Crippen LogP contribution >= 0.6 is 0 Å². The van der Waals surface area contributed by atoms with E-state index in [4.69, 9.17) is 10.1 Å². The average molecular weight is 554 g/mol. The Morgan fingerprint density at radius 2 is 1.82 bits per heavy atom. The lowest BCUT2D eigenvalue weighted by Gasteiger charge is -2.38. The summed E-state index contributed by atoms with van der Waals surface area (Å²) in [5.41, 5.74) is 5.48. The minimum Gasteiger partial charge on any atom is -0.363 e. The maximum absolute atomic E-state index is 14.1. The highest BCUT2D eigenvalue weighted by Crippen LogP contribution is 2.38. The number of piperidine rings is 1. The fourth-order valence-electron chi connectivity index (χ4n) is 6.20. The molecule has 0 aliphatic carbocycles. The number of nitrogens with zero attached hydrogens (tertiary/aromatic N) is 6. The van der Waals surface area contributed by atoms with Crippen LogP contribution < -0.4 is 15.1 Å². The van der Waals surface area contributed by atoms with Crippen LogP contribution in [0.15, 0.2) is 36.9 Å². The highest BCUT2D eigenvalue weighted by atomic mass is 19.4. The highest BCUT2D eigenvalue weighted by Gasteiger charge is 2.39. The Morgan fingerprint density at radius 1 is 1.00 bits per heavy atom. The number of rotatable bonds is 1. The van der Waals surface area contributed by atoms with Gasteiger partial charge in [0, 0.05) is 63.2 Å². The Balaban J connectivity index is 1.47. The lowest BCUT2D eigenvalue weighted by atomic mass is 9.93. The second kappa shape index (κ2) is 10.6. The molecule has 3 aliphatic heterocycles. The average Bonchev–Trinajstić information content (AvgIpc) is 3.32. The van der Waals surface area contributed by atoms with Gasteiger partial charge in [-0.3, -0.25) is 0 Å². The molecule has 214 valence electrons. The largest absolute Gasteiger partial charge is 0.403 e. The fourth-order valence-corrected chi connectivity index (χ4v) is 6.20. The van der Waals surface area contributed by atoms with Crippen LogP contribution in [0.25, 0.3) is 11.3 Å². The molecule has 10 heteroatoms. The zero-order valence-corrected chi connectivity index (χ0v) is 23.3. The van der Waals surface area contributed by atoms with Crippen LogP contribution in [0.1, 0.15) is 60.5 Å². The topological polar surface area (TPSA) is 51.9 Å². The number of fused-ring (bicyclic) bond motifs is 4. The zero-order chi connectivity index (χ0) is 28.0. The molecule has 2 bridgehead atoms. The second-order valence-corrected chi connectivity index (χ2v) is 11.5. The van der Waals surface area contributed by atoms with E-state index in [2.05, 4.69) is 33.8 Å². The van der Waals surface area contributed by atoms with E-state index in [1.54, 1.807) is 0 Å². The van der Waals surface area contributed by atoms with Gasteiger partial charge >= 0.3 is 6.18 Å². The lowest BCUT2D eigenvalue weighted by molar-refractivity contribution is -0.156. The number of alkyl halides is 3. The molecule has 0 amide bonds. The van der Waals surface area contributed by atoms with E-state index in [1.807, 2.05) is 41.6 Å². The third-order valence-corrected chi connectivity index (χ3v) is 8.69. The van der Waals surface area contributed by atoms with E-state index < -0.39 is 12.2 Å². The quantitative estimate of drug-likeness (QED) is 0.439. The van der Waals surface area contributed by atoms with Gasteiger partial charge in [-0.25, -0.2) is 4.98 Å². The molecule has 5 heterocycles. The Kier molecular flexibility index (Phi) is 7.14. The van der Waals surface area contributed by atoms with E-state index in [0.717, 1.165) is 90.7 Å². The molecular weight excluding hydrogens is 515 g/mol. The first-order valence-corrected chi connectivity index (χ1v) is 14.4. The third-order valence-electron chi connectivity index (χ3n) is 8.69. The monoisotopic (exact) mass is 553 g/mol. The van der Waals surface area contributed by atoms with Crippen molar-refractivity contribution in [3.8, 4) is 0 Å². The van der Waals surface area contributed by atoms with E-state index in [-0.39, 0.29) is 19.0 Å². The maximum Gasteiger partial charge on any atom is 0.403 e. The minimum atomic E-state index is -4.34. The van der Waals surface area contributed by atoms with Crippen molar-refractivity contribution in [1.29, 1.82) is 0 Å². The standard InChI is InChI=1S/C30H38F3N7/c1-20-8-9-22-10-11-26(30(31,32)33)34-12-16-37(3)29-19-27(38-13-6-14-38)35-28-18-24(36-40(28)29)25-7-4-5-15-39(25)21(2)23(22)17-20/h8-9,17-19,25-26,34H,2,4-7,10-16H2,1,3H3. The van der Waals surface area contributed by atoms with Crippen LogP contribution in [-0.4, -0.2) is 71.5 Å². The predicted molar refractivity (Wildman–Crippen MR) is 153 cm³/mol. The van der Waals surface area contributed by atoms with Crippen molar-refractivity contribution in [2.24, 2.45) is 0 Å². The number of anilines is 2. The predicted octanol–water partition coefficient (Wildman–Crippen LogP) is 5.35. The molecule has 3 aromatic rings. The Labute approximate surface area is 233 Å². The highest BCUT2D eigenvalue weighted by molar-refractivity contribution is 5.67. The van der Waals surface area contributed by atoms with E-state index >= 15 is 0 Å². The van der Waals surface area contributed by atoms with Gasteiger partial charge in [-0.15, -0.1) is 0 Å². The summed E-state index contributed by atoms with van der Waals surface area (Å²) in [5, 5.41) is 7.88. The van der Waals surface area contributed by atoms with Gasteiger partial charge in [-0.1, -0.05) is 24.3 Å². The SMILES string of the molecule is C=C1c2cc(C)ccc2CCC(C(F)(F)F)NCCN(C)c2cc(N3CCC3)nc3cc(nn23)C2CCCCN12. The van der Waals surface area contributed by atoms with Crippen LogP contribution in [0, 0.1) is 6.92 Å². The molecule has 7 nitrogen and oxygen atoms in total. The molecule has 40 heavy (non-hydrogen) atoms. The molecule has 2 saturated heterocycles. The van der Waals surface area contributed by atoms with Gasteiger partial charge in [-0.05, 0) is 57.1 Å². The molecule has 0 spiro atoms. The van der Waals surface area contributed by atoms with Gasteiger partial charge in [0.25, 0.3) is 0 Å². The summed E-state index contributed by atoms with van der Waals surface area (Å²) in [6.07, 6.45) is 0.141. The maximum atomic E-state index is 14.1. The fraction of sp³-hybridized carbons (Fsp3) is 0.533. The number of aryl methyl sites for hydroxylation is 2. The third kappa shape index (κ3) is 5.13. The molecule has 3 aliphatic rings. The van der Waals surface area contributed by atoms with Crippen LogP contribution in [0.4, 0.5) is 24.8 Å². The summed E-state index contributed by atoms with van der Waals surface area (Å²) in [5.74, 6) is 1.72. The van der Waals surface area contributed by atoms with E-state index in [9.17, 15) is 13.2 Å². The first-order chi connectivity index (χ1) is 19.2. The van der Waals surface area contributed by atoms with E-state index in [1.165, 1.54) is 0 Å². The summed E-state index contributed by atoms with van der Waals surface area (Å²) in [6.45, 7) is 9.87. The van der Waals surface area contributed by atoms with Crippen molar-refractivity contribution >= 4 is 23.0 Å². The van der Waals surface area contributed by atoms with Gasteiger partial charge in [0.1, 0.15) is 17.7 Å².